The first-order valence-corrected chi connectivity index (χ1v) is 27.2. The molecular weight excluding hydrogens is 949 g/mol. The van der Waals surface area contributed by atoms with Crippen LogP contribution in [0.3, 0.4) is 0 Å². The van der Waals surface area contributed by atoms with Crippen molar-refractivity contribution in [2.45, 2.75) is 63.7 Å². The molecule has 0 N–H and O–H groups in total. The molecule has 4 heterocycles. The van der Waals surface area contributed by atoms with Gasteiger partial charge >= 0.3 is 144 Å². The first kappa shape index (κ1) is 41.0. The molecule has 5 aromatic carbocycles. The molecular formula is C51H48GeIrN4O-2. The predicted octanol–water partition coefficient (Wildman–Crippen LogP) is 13.1. The quantitative estimate of drug-likeness (QED) is 0.118. The topological polar surface area (TPSA) is 56.7 Å². The molecule has 0 atom stereocenters. The monoisotopic (exact) mass is 999 g/mol. The van der Waals surface area contributed by atoms with Gasteiger partial charge in [0.25, 0.3) is 0 Å². The van der Waals surface area contributed by atoms with E-state index in [0.717, 1.165) is 55.7 Å². The number of aryl methyl sites for hydroxylation is 1. The van der Waals surface area contributed by atoms with E-state index in [2.05, 4.69) is 175 Å². The zero-order valence-electron chi connectivity index (χ0n) is 34.4. The van der Waals surface area contributed by atoms with Crippen LogP contribution in [0.1, 0.15) is 56.4 Å². The van der Waals surface area contributed by atoms with Gasteiger partial charge in [0.2, 0.25) is 0 Å². The molecule has 0 saturated carbocycles. The summed E-state index contributed by atoms with van der Waals surface area (Å²) in [6.45, 7) is 11.1. The number of aromatic nitrogens is 4. The van der Waals surface area contributed by atoms with Crippen LogP contribution in [0.25, 0.3) is 72.6 Å². The average molecular weight is 998 g/mol. The number of furan rings is 1. The van der Waals surface area contributed by atoms with Crippen molar-refractivity contribution in [2.75, 3.05) is 0 Å². The number of pyridine rings is 2. The van der Waals surface area contributed by atoms with Crippen molar-refractivity contribution in [1.29, 1.82) is 0 Å². The molecule has 0 bridgehead atoms. The van der Waals surface area contributed by atoms with Crippen LogP contribution in [-0.4, -0.2) is 32.8 Å². The van der Waals surface area contributed by atoms with Crippen molar-refractivity contribution < 1.29 is 24.5 Å². The molecule has 0 amide bonds. The fourth-order valence-corrected chi connectivity index (χ4v) is 9.59. The summed E-state index contributed by atoms with van der Waals surface area (Å²) in [5.74, 6) is 8.78. The van der Waals surface area contributed by atoms with Crippen LogP contribution >= 0.6 is 0 Å². The predicted molar refractivity (Wildman–Crippen MR) is 240 cm³/mol. The minimum absolute atomic E-state index is 0. The molecule has 0 aliphatic carbocycles. The van der Waals surface area contributed by atoms with Gasteiger partial charge in [-0.1, -0.05) is 70.2 Å². The molecule has 0 unspecified atom stereocenters. The molecule has 0 saturated heterocycles. The fourth-order valence-electron chi connectivity index (χ4n) is 7.42. The Morgan fingerprint density at radius 3 is 2.03 bits per heavy atom. The molecule has 7 heteroatoms. The van der Waals surface area contributed by atoms with Crippen LogP contribution in [0.4, 0.5) is 0 Å². The first-order chi connectivity index (χ1) is 27.5. The van der Waals surface area contributed by atoms with Gasteiger partial charge in [0, 0.05) is 25.8 Å². The van der Waals surface area contributed by atoms with Crippen LogP contribution in [-0.2, 0) is 20.1 Å². The van der Waals surface area contributed by atoms with E-state index in [1.807, 2.05) is 37.4 Å². The molecule has 0 aliphatic heterocycles. The van der Waals surface area contributed by atoms with Gasteiger partial charge in [0.05, 0.1) is 16.9 Å². The Morgan fingerprint density at radius 2 is 1.38 bits per heavy atom. The molecule has 0 spiro atoms. The van der Waals surface area contributed by atoms with E-state index in [-0.39, 0.29) is 20.1 Å². The van der Waals surface area contributed by atoms with E-state index in [9.17, 15) is 0 Å². The van der Waals surface area contributed by atoms with Gasteiger partial charge in [0.15, 0.2) is 0 Å². The van der Waals surface area contributed by atoms with Crippen molar-refractivity contribution >= 4 is 50.8 Å². The number of nitrogens with zero attached hydrogens (tertiary/aromatic N) is 4. The van der Waals surface area contributed by atoms with E-state index in [1.54, 1.807) is 0 Å². The zero-order valence-corrected chi connectivity index (χ0v) is 38.9. The molecule has 4 aromatic heterocycles. The molecule has 9 aromatic rings. The van der Waals surface area contributed by atoms with E-state index in [1.165, 1.54) is 32.3 Å². The SMILES string of the molecule is CC(C)c1cc(-c2ccccc2)cc(C(C)C)c1-n1c(-c2[c-]cccc2)nc2ccccc21.Cc1ccc2c(n1)oc1c[c-]c(-c3cc[c]([Ge]([CH3])([CH3])[CH3])cn3)cc12.[Ir]. The van der Waals surface area contributed by atoms with Gasteiger partial charge in [0.1, 0.15) is 0 Å². The first-order valence-electron chi connectivity index (χ1n) is 19.8. The maximum atomic E-state index is 5.83. The number of para-hydroxylation sites is 2. The van der Waals surface area contributed by atoms with E-state index in [0.29, 0.717) is 17.5 Å². The second-order valence-corrected chi connectivity index (χ2v) is 27.1. The van der Waals surface area contributed by atoms with Gasteiger partial charge in [-0.05, 0) is 58.4 Å². The van der Waals surface area contributed by atoms with E-state index in [4.69, 9.17) is 9.40 Å². The molecule has 9 rings (SSSR count). The van der Waals surface area contributed by atoms with Crippen molar-refractivity contribution in [2.24, 2.45) is 0 Å². The van der Waals surface area contributed by atoms with Crippen molar-refractivity contribution in [3.63, 3.8) is 0 Å². The van der Waals surface area contributed by atoms with Gasteiger partial charge in [-0.3, -0.25) is 4.98 Å². The third-order valence-corrected chi connectivity index (χ3v) is 14.8. The average Bonchev–Trinajstić information content (AvgIpc) is 3.78. The van der Waals surface area contributed by atoms with Crippen molar-refractivity contribution in [3.8, 4) is 39.5 Å². The van der Waals surface area contributed by atoms with E-state index < -0.39 is 13.3 Å². The summed E-state index contributed by atoms with van der Waals surface area (Å²) >= 11 is -1.83. The molecule has 0 aliphatic rings. The third kappa shape index (κ3) is 8.24. The van der Waals surface area contributed by atoms with Gasteiger partial charge in [-0.25, -0.2) is 0 Å². The van der Waals surface area contributed by atoms with Crippen molar-refractivity contribution in [3.05, 3.63) is 163 Å². The fraction of sp³-hybridized carbons (Fsp3) is 0.196. The Bertz CT molecular complexity index is 2810. The number of hydrogen-bond donors (Lipinski definition) is 0. The maximum Gasteiger partial charge on any atom is 0 e. The van der Waals surface area contributed by atoms with Crippen molar-refractivity contribution in [1.82, 2.24) is 19.5 Å². The normalized spacial score (nSPS) is 11.6. The summed E-state index contributed by atoms with van der Waals surface area (Å²) in [7, 11) is 0. The van der Waals surface area contributed by atoms with Crippen LogP contribution in [0.2, 0.25) is 17.3 Å². The third-order valence-electron chi connectivity index (χ3n) is 10.6. The molecule has 0 fully saturated rings. The molecule has 58 heavy (non-hydrogen) atoms. The Kier molecular flexibility index (Phi) is 12.0. The van der Waals surface area contributed by atoms with Gasteiger partial charge < -0.3 is 4.57 Å². The van der Waals surface area contributed by atoms with Crippen LogP contribution < -0.4 is 4.40 Å². The Labute approximate surface area is 358 Å². The molecule has 5 nitrogen and oxygen atoms in total. The van der Waals surface area contributed by atoms with Gasteiger partial charge in [-0.2, -0.15) is 0 Å². The summed E-state index contributed by atoms with van der Waals surface area (Å²) in [5.41, 5.74) is 13.9. The number of imidazole rings is 1. The zero-order chi connectivity index (χ0) is 39.8. The van der Waals surface area contributed by atoms with Crippen LogP contribution in [0.5, 0.6) is 0 Å². The molecule has 1 radical (unpaired) electrons. The van der Waals surface area contributed by atoms with Crippen LogP contribution in [0, 0.1) is 19.1 Å². The maximum absolute atomic E-state index is 5.83. The number of benzene rings is 5. The summed E-state index contributed by atoms with van der Waals surface area (Å²) < 4.78 is 9.60. The number of fused-ring (bicyclic) bond motifs is 4. The Balaban J connectivity index is 0.000000182. The number of rotatable bonds is 7. The standard InChI is InChI=1S/C31H29N2.C20H19GeN2O.Ir/c1-21(2)26-19-25(23-13-7-5-8-14-23)20-27(22(3)4)30(26)33-29-18-12-11-17-28(29)32-31(33)24-15-9-6-10-16-24;1-13-5-8-16-17-11-14(6-10-19(17)24-20(16)23-13)18-9-7-15(12-22-18)21(2,3)4;/h5-15,17-22H,1-4H3;5,7-12H,1-4H3;/q2*-1;. The summed E-state index contributed by atoms with van der Waals surface area (Å²) in [6.07, 6.45) is 2.03. The Morgan fingerprint density at radius 1 is 0.672 bits per heavy atom. The minimum Gasteiger partial charge on any atom is 0 e. The van der Waals surface area contributed by atoms with Crippen LogP contribution in [0.15, 0.2) is 138 Å². The Hall–Kier alpha value is -5.14. The second kappa shape index (κ2) is 17.0. The second-order valence-electron chi connectivity index (χ2n) is 16.4. The largest absolute Gasteiger partial charge is 0 e. The summed E-state index contributed by atoms with van der Waals surface area (Å²) in [4.78, 5) is 14.2. The minimum atomic E-state index is -1.83. The summed E-state index contributed by atoms with van der Waals surface area (Å²) in [5, 5.41) is 2.10. The summed E-state index contributed by atoms with van der Waals surface area (Å²) in [6, 6.07) is 51.1. The van der Waals surface area contributed by atoms with Gasteiger partial charge in [-0.15, -0.1) is 35.9 Å². The smallest absolute Gasteiger partial charge is 0 e. The molecule has 293 valence electrons. The van der Waals surface area contributed by atoms with E-state index >= 15 is 0 Å². The number of hydrogen-bond acceptors (Lipinski definition) is 4.